The van der Waals surface area contributed by atoms with E-state index in [0.717, 1.165) is 12.5 Å². The van der Waals surface area contributed by atoms with Gasteiger partial charge in [0, 0.05) is 12.3 Å². The molecule has 1 saturated heterocycles. The first-order chi connectivity index (χ1) is 8.88. The number of carboxylic acid groups (broad SMARTS) is 1. The number of rotatable bonds is 4. The molecule has 0 bridgehead atoms. The highest BCUT2D eigenvalue weighted by atomic mass is 32.2. The molecule has 1 atom stereocenters. The number of carbonyl (C=O) groups is 1. The van der Waals surface area contributed by atoms with Crippen molar-refractivity contribution in [1.29, 1.82) is 0 Å². The molecule has 7 nitrogen and oxygen atoms in total. The van der Waals surface area contributed by atoms with E-state index in [1.54, 1.807) is 0 Å². The molecule has 1 aromatic carbocycles. The van der Waals surface area contributed by atoms with E-state index in [1.807, 2.05) is 0 Å². The zero-order valence-electron chi connectivity index (χ0n) is 10.00. The second-order valence-corrected chi connectivity index (χ2v) is 5.82. The topological polar surface area (TPSA) is 119 Å². The molecule has 0 aliphatic carbocycles. The van der Waals surface area contributed by atoms with Gasteiger partial charge in [-0.2, -0.15) is 0 Å². The molecule has 0 unspecified atom stereocenters. The molecular weight excluding hydrogens is 272 g/mol. The Morgan fingerprint density at radius 2 is 2.21 bits per heavy atom. The second kappa shape index (κ2) is 5.16. The van der Waals surface area contributed by atoms with Crippen molar-refractivity contribution < 1.29 is 23.1 Å². The van der Waals surface area contributed by atoms with E-state index in [4.69, 9.17) is 15.0 Å². The smallest absolute Gasteiger partial charge is 0.337 e. The van der Waals surface area contributed by atoms with Crippen LogP contribution in [0.1, 0.15) is 16.8 Å². The number of nitrogens with one attached hydrogen (secondary N) is 1. The molecule has 0 amide bonds. The zero-order valence-corrected chi connectivity index (χ0v) is 10.8. The number of primary sulfonamides is 1. The summed E-state index contributed by atoms with van der Waals surface area (Å²) in [5.74, 6) is -1.22. The molecule has 0 aromatic heterocycles. The molecule has 2 rings (SSSR count). The highest BCUT2D eigenvalue weighted by molar-refractivity contribution is 7.89. The van der Waals surface area contributed by atoms with E-state index in [0.29, 0.717) is 18.9 Å². The van der Waals surface area contributed by atoms with Crippen molar-refractivity contribution in [2.24, 2.45) is 5.14 Å². The third kappa shape index (κ3) is 3.22. The number of hydrogen-bond donors (Lipinski definition) is 3. The van der Waals surface area contributed by atoms with E-state index in [2.05, 4.69) is 5.32 Å². The Bertz CT molecular complexity index is 593. The van der Waals surface area contributed by atoms with Crippen LogP contribution in [0.4, 0.5) is 5.69 Å². The summed E-state index contributed by atoms with van der Waals surface area (Å²) < 4.78 is 27.6. The van der Waals surface area contributed by atoms with Crippen LogP contribution in [-0.2, 0) is 14.8 Å². The molecule has 1 aliphatic rings. The van der Waals surface area contributed by atoms with Gasteiger partial charge in [-0.15, -0.1) is 0 Å². The minimum Gasteiger partial charge on any atom is -0.478 e. The molecule has 19 heavy (non-hydrogen) atoms. The Balaban J connectivity index is 2.35. The maximum Gasteiger partial charge on any atom is 0.337 e. The molecule has 1 aliphatic heterocycles. The predicted octanol–water partition coefficient (Wildman–Crippen LogP) is 0.233. The molecule has 0 radical (unpaired) electrons. The molecule has 1 heterocycles. The fourth-order valence-corrected chi connectivity index (χ4v) is 2.41. The van der Waals surface area contributed by atoms with E-state index in [1.165, 1.54) is 12.1 Å². The first-order valence-electron chi connectivity index (χ1n) is 5.62. The van der Waals surface area contributed by atoms with Crippen LogP contribution in [0.25, 0.3) is 0 Å². The van der Waals surface area contributed by atoms with Crippen molar-refractivity contribution in [2.45, 2.75) is 17.4 Å². The van der Waals surface area contributed by atoms with Crippen molar-refractivity contribution in [3.8, 4) is 0 Å². The Hall–Kier alpha value is -1.64. The van der Waals surface area contributed by atoms with E-state index >= 15 is 0 Å². The molecule has 4 N–H and O–H groups in total. The standard InChI is InChI=1S/C11H14N2O5S/c12-19(16,17)8-1-2-10(9(5-8)11(14)15)13-7-3-4-18-6-7/h1-2,5,7,13H,3-4,6H2,(H,14,15)(H2,12,16,17)/t7-/m1/s1. The summed E-state index contributed by atoms with van der Waals surface area (Å²) in [4.78, 5) is 10.9. The Kier molecular flexibility index (Phi) is 3.74. The van der Waals surface area contributed by atoms with Gasteiger partial charge < -0.3 is 15.2 Å². The number of benzene rings is 1. The first-order valence-corrected chi connectivity index (χ1v) is 7.17. The van der Waals surface area contributed by atoms with Crippen LogP contribution >= 0.6 is 0 Å². The third-order valence-electron chi connectivity index (χ3n) is 2.84. The predicted molar refractivity (Wildman–Crippen MR) is 67.6 cm³/mol. The highest BCUT2D eigenvalue weighted by Crippen LogP contribution is 2.22. The van der Waals surface area contributed by atoms with Crippen molar-refractivity contribution in [2.75, 3.05) is 18.5 Å². The maximum atomic E-state index is 11.2. The van der Waals surface area contributed by atoms with E-state index < -0.39 is 16.0 Å². The molecule has 1 aromatic rings. The summed E-state index contributed by atoms with van der Waals surface area (Å²) in [6.45, 7) is 1.12. The highest BCUT2D eigenvalue weighted by Gasteiger charge is 2.20. The summed E-state index contributed by atoms with van der Waals surface area (Å²) in [6.07, 6.45) is 0.774. The largest absolute Gasteiger partial charge is 0.478 e. The maximum absolute atomic E-state index is 11.2. The van der Waals surface area contributed by atoms with Gasteiger partial charge in [-0.25, -0.2) is 18.4 Å². The average molecular weight is 286 g/mol. The Morgan fingerprint density at radius 3 is 2.74 bits per heavy atom. The molecule has 104 valence electrons. The lowest BCUT2D eigenvalue weighted by molar-refractivity contribution is 0.0697. The first kappa shape index (κ1) is 13.8. The number of hydrogen-bond acceptors (Lipinski definition) is 5. The van der Waals surface area contributed by atoms with Gasteiger partial charge in [0.1, 0.15) is 0 Å². The number of nitrogens with two attached hydrogens (primary N) is 1. The van der Waals surface area contributed by atoms with Crippen molar-refractivity contribution in [3.63, 3.8) is 0 Å². The fourth-order valence-electron chi connectivity index (χ4n) is 1.87. The van der Waals surface area contributed by atoms with Gasteiger partial charge in [0.05, 0.1) is 23.1 Å². The van der Waals surface area contributed by atoms with Crippen LogP contribution in [0.15, 0.2) is 23.1 Å². The number of aromatic carboxylic acids is 1. The van der Waals surface area contributed by atoms with Crippen LogP contribution in [0, 0.1) is 0 Å². The third-order valence-corrected chi connectivity index (χ3v) is 3.75. The van der Waals surface area contributed by atoms with Crippen LogP contribution < -0.4 is 10.5 Å². The minimum absolute atomic E-state index is 0.0263. The van der Waals surface area contributed by atoms with Gasteiger partial charge in [0.15, 0.2) is 0 Å². The van der Waals surface area contributed by atoms with Crippen molar-refractivity contribution >= 4 is 21.7 Å². The SMILES string of the molecule is NS(=O)(=O)c1ccc(N[C@@H]2CCOC2)c(C(=O)O)c1. The summed E-state index contributed by atoms with van der Waals surface area (Å²) in [7, 11) is -3.92. The summed E-state index contributed by atoms with van der Waals surface area (Å²) in [6, 6.07) is 3.76. The van der Waals surface area contributed by atoms with E-state index in [9.17, 15) is 13.2 Å². The number of anilines is 1. The van der Waals surface area contributed by atoms with Crippen LogP contribution in [-0.4, -0.2) is 38.7 Å². The van der Waals surface area contributed by atoms with E-state index in [-0.39, 0.29) is 16.5 Å². The average Bonchev–Trinajstić information content (AvgIpc) is 2.80. The van der Waals surface area contributed by atoms with Crippen LogP contribution in [0.2, 0.25) is 0 Å². The molecule has 0 spiro atoms. The van der Waals surface area contributed by atoms with Gasteiger partial charge >= 0.3 is 5.97 Å². The zero-order chi connectivity index (χ0) is 14.0. The molecular formula is C11H14N2O5S. The van der Waals surface area contributed by atoms with Gasteiger partial charge in [0.25, 0.3) is 0 Å². The number of ether oxygens (including phenoxy) is 1. The summed E-state index contributed by atoms with van der Waals surface area (Å²) in [5.41, 5.74) is 0.230. The lowest BCUT2D eigenvalue weighted by Crippen LogP contribution is -2.21. The van der Waals surface area contributed by atoms with Crippen molar-refractivity contribution in [1.82, 2.24) is 0 Å². The normalized spacial score (nSPS) is 19.3. The van der Waals surface area contributed by atoms with Crippen LogP contribution in [0.5, 0.6) is 0 Å². The van der Waals surface area contributed by atoms with Crippen LogP contribution in [0.3, 0.4) is 0 Å². The Labute approximate surface area is 110 Å². The number of carboxylic acids is 1. The van der Waals surface area contributed by atoms with Gasteiger partial charge in [0.2, 0.25) is 10.0 Å². The van der Waals surface area contributed by atoms with Gasteiger partial charge in [-0.3, -0.25) is 0 Å². The van der Waals surface area contributed by atoms with Crippen molar-refractivity contribution in [3.05, 3.63) is 23.8 Å². The minimum atomic E-state index is -3.92. The van der Waals surface area contributed by atoms with Gasteiger partial charge in [-0.05, 0) is 24.6 Å². The monoisotopic (exact) mass is 286 g/mol. The lowest BCUT2D eigenvalue weighted by atomic mass is 10.1. The number of sulfonamides is 1. The summed E-state index contributed by atoms with van der Waals surface area (Å²) >= 11 is 0. The molecule has 8 heteroatoms. The Morgan fingerprint density at radius 1 is 1.47 bits per heavy atom. The van der Waals surface area contributed by atoms with Gasteiger partial charge in [-0.1, -0.05) is 0 Å². The molecule has 0 saturated carbocycles. The molecule has 1 fully saturated rings. The quantitative estimate of drug-likeness (QED) is 0.729. The lowest BCUT2D eigenvalue weighted by Gasteiger charge is -2.15. The second-order valence-electron chi connectivity index (χ2n) is 4.26. The summed E-state index contributed by atoms with van der Waals surface area (Å²) in [5, 5.41) is 17.1. The fraction of sp³-hybridized carbons (Fsp3) is 0.364.